The van der Waals surface area contributed by atoms with Crippen molar-refractivity contribution in [3.8, 4) is 0 Å². The van der Waals surface area contributed by atoms with Crippen molar-refractivity contribution in [3.63, 3.8) is 0 Å². The van der Waals surface area contributed by atoms with Crippen LogP contribution in [0.1, 0.15) is 0 Å². The molecular formula is C6H7BrClN3. The quantitative estimate of drug-likeness (QED) is 0.698. The van der Waals surface area contributed by atoms with Gasteiger partial charge in [-0.25, -0.2) is 4.98 Å². The molecule has 60 valence electrons. The second-order valence-electron chi connectivity index (χ2n) is 2.20. The van der Waals surface area contributed by atoms with Gasteiger partial charge in [0.25, 0.3) is 0 Å². The van der Waals surface area contributed by atoms with Crippen molar-refractivity contribution in [2.45, 2.75) is 0 Å². The van der Waals surface area contributed by atoms with Gasteiger partial charge in [0.2, 0.25) is 5.95 Å². The van der Waals surface area contributed by atoms with Crippen LogP contribution in [0.25, 0.3) is 0 Å². The van der Waals surface area contributed by atoms with E-state index in [0.29, 0.717) is 15.6 Å². The van der Waals surface area contributed by atoms with Gasteiger partial charge in [-0.2, -0.15) is 4.98 Å². The van der Waals surface area contributed by atoms with Gasteiger partial charge in [-0.1, -0.05) is 11.6 Å². The van der Waals surface area contributed by atoms with Crippen LogP contribution in [0.15, 0.2) is 10.7 Å². The molecule has 0 fully saturated rings. The lowest BCUT2D eigenvalue weighted by atomic mass is 10.6. The first-order valence-electron chi connectivity index (χ1n) is 2.96. The van der Waals surface area contributed by atoms with Gasteiger partial charge < -0.3 is 4.90 Å². The Hall–Kier alpha value is -0.350. The molecule has 1 aromatic heterocycles. The molecule has 1 rings (SSSR count). The maximum atomic E-state index is 5.73. The Morgan fingerprint density at radius 1 is 1.55 bits per heavy atom. The number of nitrogens with zero attached hydrogens (tertiary/aromatic N) is 3. The van der Waals surface area contributed by atoms with Crippen LogP contribution in [0.3, 0.4) is 0 Å². The summed E-state index contributed by atoms with van der Waals surface area (Å²) >= 11 is 8.94. The molecule has 0 aliphatic carbocycles. The molecule has 0 radical (unpaired) electrons. The highest BCUT2D eigenvalue weighted by Gasteiger charge is 2.02. The average Bonchev–Trinajstić information content (AvgIpc) is 1.94. The molecule has 1 heterocycles. The van der Waals surface area contributed by atoms with Crippen molar-refractivity contribution in [2.24, 2.45) is 0 Å². The molecule has 3 nitrogen and oxygen atoms in total. The summed E-state index contributed by atoms with van der Waals surface area (Å²) < 4.78 is 0.713. The fourth-order valence-corrected chi connectivity index (χ4v) is 0.869. The van der Waals surface area contributed by atoms with Crippen LogP contribution in [0.2, 0.25) is 5.15 Å². The molecule has 0 saturated carbocycles. The molecule has 0 aliphatic rings. The first-order valence-corrected chi connectivity index (χ1v) is 4.13. The van der Waals surface area contributed by atoms with Crippen LogP contribution in [-0.4, -0.2) is 24.1 Å². The summed E-state index contributed by atoms with van der Waals surface area (Å²) in [4.78, 5) is 9.82. The van der Waals surface area contributed by atoms with Crippen LogP contribution >= 0.6 is 27.5 Å². The first-order chi connectivity index (χ1) is 5.11. The van der Waals surface area contributed by atoms with Crippen molar-refractivity contribution in [1.82, 2.24) is 9.97 Å². The summed E-state index contributed by atoms with van der Waals surface area (Å²) in [5.74, 6) is 0.609. The molecular weight excluding hydrogens is 229 g/mol. The van der Waals surface area contributed by atoms with Crippen LogP contribution in [0, 0.1) is 0 Å². The van der Waals surface area contributed by atoms with Crippen LogP contribution in [-0.2, 0) is 0 Å². The lowest BCUT2D eigenvalue weighted by Crippen LogP contribution is -2.12. The van der Waals surface area contributed by atoms with Gasteiger partial charge in [0, 0.05) is 20.3 Å². The monoisotopic (exact) mass is 235 g/mol. The van der Waals surface area contributed by atoms with Gasteiger partial charge in [0.1, 0.15) is 5.15 Å². The van der Waals surface area contributed by atoms with Crippen molar-refractivity contribution in [1.29, 1.82) is 0 Å². The molecule has 0 saturated heterocycles. The summed E-state index contributed by atoms with van der Waals surface area (Å²) in [6, 6.07) is 0. The van der Waals surface area contributed by atoms with Gasteiger partial charge >= 0.3 is 0 Å². The Kier molecular flexibility index (Phi) is 2.67. The van der Waals surface area contributed by atoms with Gasteiger partial charge in [-0.15, -0.1) is 0 Å². The number of halogens is 2. The van der Waals surface area contributed by atoms with Crippen molar-refractivity contribution < 1.29 is 0 Å². The van der Waals surface area contributed by atoms with Gasteiger partial charge in [0.05, 0.1) is 4.47 Å². The number of rotatable bonds is 1. The summed E-state index contributed by atoms with van der Waals surface area (Å²) in [5, 5.41) is 0.434. The van der Waals surface area contributed by atoms with Gasteiger partial charge in [-0.3, -0.25) is 0 Å². The second kappa shape index (κ2) is 3.36. The average molecular weight is 236 g/mol. The Morgan fingerprint density at radius 2 is 2.18 bits per heavy atom. The molecule has 0 bridgehead atoms. The summed E-state index contributed by atoms with van der Waals surface area (Å²) in [5.41, 5.74) is 0. The Labute approximate surface area is 78.5 Å². The number of anilines is 1. The molecule has 0 aliphatic heterocycles. The topological polar surface area (TPSA) is 29.0 Å². The highest BCUT2D eigenvalue weighted by Crippen LogP contribution is 2.20. The van der Waals surface area contributed by atoms with Crippen molar-refractivity contribution >= 4 is 33.5 Å². The van der Waals surface area contributed by atoms with E-state index in [1.54, 1.807) is 11.1 Å². The highest BCUT2D eigenvalue weighted by molar-refractivity contribution is 9.10. The van der Waals surface area contributed by atoms with E-state index < -0.39 is 0 Å². The molecule has 0 aromatic carbocycles. The smallest absolute Gasteiger partial charge is 0.226 e. The largest absolute Gasteiger partial charge is 0.347 e. The molecule has 0 N–H and O–H groups in total. The molecule has 11 heavy (non-hydrogen) atoms. The first kappa shape index (κ1) is 8.74. The maximum absolute atomic E-state index is 5.73. The number of aromatic nitrogens is 2. The summed E-state index contributed by atoms with van der Waals surface area (Å²) in [6.45, 7) is 0. The van der Waals surface area contributed by atoms with Gasteiger partial charge in [-0.05, 0) is 15.9 Å². The standard InChI is InChI=1S/C6H7BrClN3/c1-11(2)6-9-3-4(7)5(8)10-6/h3H,1-2H3. The SMILES string of the molecule is CN(C)c1ncc(Br)c(Cl)n1. The summed E-state index contributed by atoms with van der Waals surface area (Å²) in [6.07, 6.45) is 1.63. The van der Waals surface area contributed by atoms with Gasteiger partial charge in [0.15, 0.2) is 0 Å². The second-order valence-corrected chi connectivity index (χ2v) is 3.42. The van der Waals surface area contributed by atoms with Crippen LogP contribution in [0.4, 0.5) is 5.95 Å². The van der Waals surface area contributed by atoms with E-state index in [4.69, 9.17) is 11.6 Å². The van der Waals surface area contributed by atoms with E-state index in [0.717, 1.165) is 0 Å². The minimum absolute atomic E-state index is 0.434. The fraction of sp³-hybridized carbons (Fsp3) is 0.333. The lowest BCUT2D eigenvalue weighted by molar-refractivity contribution is 0.994. The molecule has 0 atom stereocenters. The molecule has 0 spiro atoms. The van der Waals surface area contributed by atoms with Crippen molar-refractivity contribution in [3.05, 3.63) is 15.8 Å². The van der Waals surface area contributed by atoms with E-state index in [2.05, 4.69) is 25.9 Å². The molecule has 0 unspecified atom stereocenters. The highest BCUT2D eigenvalue weighted by atomic mass is 79.9. The Bertz CT molecular complexity index is 264. The van der Waals surface area contributed by atoms with E-state index >= 15 is 0 Å². The zero-order valence-corrected chi connectivity index (χ0v) is 8.52. The van der Waals surface area contributed by atoms with Crippen LogP contribution < -0.4 is 4.90 Å². The third-order valence-electron chi connectivity index (χ3n) is 1.09. The number of hydrogen-bond donors (Lipinski definition) is 0. The minimum Gasteiger partial charge on any atom is -0.347 e. The zero-order chi connectivity index (χ0) is 8.43. The normalized spacial score (nSPS) is 9.82. The molecule has 0 amide bonds. The third kappa shape index (κ3) is 2.04. The van der Waals surface area contributed by atoms with E-state index in [-0.39, 0.29) is 0 Å². The van der Waals surface area contributed by atoms with E-state index in [1.165, 1.54) is 0 Å². The van der Waals surface area contributed by atoms with E-state index in [9.17, 15) is 0 Å². The molecule has 1 aromatic rings. The van der Waals surface area contributed by atoms with Crippen LogP contribution in [0.5, 0.6) is 0 Å². The lowest BCUT2D eigenvalue weighted by Gasteiger charge is -2.09. The summed E-state index contributed by atoms with van der Waals surface area (Å²) in [7, 11) is 3.72. The Balaban J connectivity index is 3.05. The predicted octanol–water partition coefficient (Wildman–Crippen LogP) is 1.96. The van der Waals surface area contributed by atoms with Crippen molar-refractivity contribution in [2.75, 3.05) is 19.0 Å². The maximum Gasteiger partial charge on any atom is 0.226 e. The minimum atomic E-state index is 0.434. The number of hydrogen-bond acceptors (Lipinski definition) is 3. The molecule has 5 heteroatoms. The third-order valence-corrected chi connectivity index (χ3v) is 2.19. The Morgan fingerprint density at radius 3 is 2.64 bits per heavy atom. The fourth-order valence-electron chi connectivity index (χ4n) is 0.553. The predicted molar refractivity (Wildman–Crippen MR) is 49.1 cm³/mol. The van der Waals surface area contributed by atoms with E-state index in [1.807, 2.05) is 14.1 Å². The zero-order valence-electron chi connectivity index (χ0n) is 6.17.